The molecule has 0 spiro atoms. The van der Waals surface area contributed by atoms with Crippen molar-refractivity contribution in [3.05, 3.63) is 0 Å². The van der Waals surface area contributed by atoms with E-state index in [0.29, 0.717) is 0 Å². The van der Waals surface area contributed by atoms with Gasteiger partial charge < -0.3 is 15.3 Å². The van der Waals surface area contributed by atoms with Crippen molar-refractivity contribution >= 4 is 5.97 Å². The molecule has 5 nitrogen and oxygen atoms in total. The molecule has 0 aromatic heterocycles. The van der Waals surface area contributed by atoms with Gasteiger partial charge >= 0.3 is 5.97 Å². The summed E-state index contributed by atoms with van der Waals surface area (Å²) in [5.74, 6) is -0.745. The Balaban J connectivity index is 0. The van der Waals surface area contributed by atoms with Crippen LogP contribution >= 0.6 is 0 Å². The summed E-state index contributed by atoms with van der Waals surface area (Å²) >= 11 is 0. The molecule has 0 saturated heterocycles. The van der Waals surface area contributed by atoms with Crippen LogP contribution in [0.4, 0.5) is 0 Å². The second-order valence-corrected chi connectivity index (χ2v) is 3.60. The molecule has 0 aromatic rings. The first-order valence-corrected chi connectivity index (χ1v) is 5.70. The predicted molar refractivity (Wildman–Crippen MR) is 62.9 cm³/mol. The van der Waals surface area contributed by atoms with E-state index in [2.05, 4.69) is 6.92 Å². The number of nitrogens with zero attached hydrogens (tertiary/aromatic N) is 1. The van der Waals surface area contributed by atoms with Gasteiger partial charge in [-0.2, -0.15) is 0 Å². The number of aliphatic carboxylic acids is 1. The summed E-state index contributed by atoms with van der Waals surface area (Å²) < 4.78 is 0. The Morgan fingerprint density at radius 1 is 1.19 bits per heavy atom. The molecule has 0 aliphatic carbocycles. The third-order valence-corrected chi connectivity index (χ3v) is 2.03. The van der Waals surface area contributed by atoms with E-state index in [1.54, 1.807) is 25.7 Å². The number of carboxylic acids is 1. The van der Waals surface area contributed by atoms with Gasteiger partial charge in [0.05, 0.1) is 0 Å². The van der Waals surface area contributed by atoms with E-state index >= 15 is 0 Å². The Bertz CT molecular complexity index is 163. The molecule has 3 N–H and O–H groups in total. The molecule has 5 heteroatoms. The highest BCUT2D eigenvalue weighted by molar-refractivity contribution is 5.66. The lowest BCUT2D eigenvalue weighted by Crippen LogP contribution is -2.40. The number of hydrogen-bond acceptors (Lipinski definition) is 4. The predicted octanol–water partition coefficient (Wildman–Crippen LogP) is 1.25. The molecule has 0 aliphatic rings. The minimum atomic E-state index is -0.745. The molecule has 0 radical (unpaired) electrons. The lowest BCUT2D eigenvalue weighted by atomic mass is 10.3. The first kappa shape index (κ1) is 17.7. The maximum Gasteiger partial charge on any atom is 0.303 e. The van der Waals surface area contributed by atoms with Crippen molar-refractivity contribution in [3.63, 3.8) is 0 Å². The quantitative estimate of drug-likeness (QED) is 0.604. The van der Waals surface area contributed by atoms with Crippen LogP contribution in [0.3, 0.4) is 0 Å². The summed E-state index contributed by atoms with van der Waals surface area (Å²) in [5.41, 5.74) is 0. The van der Waals surface area contributed by atoms with Crippen LogP contribution in [0.2, 0.25) is 0 Å². The molecule has 0 aliphatic heterocycles. The number of aliphatic hydroxyl groups is 2. The lowest BCUT2D eigenvalue weighted by Gasteiger charge is -2.27. The molecule has 0 bridgehead atoms. The second kappa shape index (κ2) is 10.9. The number of unbranched alkanes of at least 4 members (excludes halogenated alkanes) is 1. The van der Waals surface area contributed by atoms with Crippen LogP contribution in [0.5, 0.6) is 0 Å². The fourth-order valence-electron chi connectivity index (χ4n) is 1.03. The monoisotopic (exact) mass is 235 g/mol. The minimum absolute atomic E-state index is 0.222. The summed E-state index contributed by atoms with van der Waals surface area (Å²) in [7, 11) is 0. The van der Waals surface area contributed by atoms with Crippen LogP contribution in [-0.4, -0.2) is 45.2 Å². The van der Waals surface area contributed by atoms with E-state index < -0.39 is 18.4 Å². The smallest absolute Gasteiger partial charge is 0.303 e. The molecule has 0 aromatic carbocycles. The Morgan fingerprint density at radius 2 is 1.56 bits per heavy atom. The van der Waals surface area contributed by atoms with Crippen LogP contribution in [0.25, 0.3) is 0 Å². The third kappa shape index (κ3) is 11.4. The van der Waals surface area contributed by atoms with E-state index in [9.17, 15) is 15.0 Å². The average molecular weight is 235 g/mol. The van der Waals surface area contributed by atoms with Crippen LogP contribution in [-0.2, 0) is 4.79 Å². The summed E-state index contributed by atoms with van der Waals surface area (Å²) in [6.45, 7) is 7.78. The van der Waals surface area contributed by atoms with Crippen molar-refractivity contribution in [2.24, 2.45) is 0 Å². The highest BCUT2D eigenvalue weighted by Gasteiger charge is 2.14. The Morgan fingerprint density at radius 3 is 1.75 bits per heavy atom. The van der Waals surface area contributed by atoms with Crippen LogP contribution < -0.4 is 0 Å². The molecular formula is C11H25NO4. The van der Waals surface area contributed by atoms with Crippen molar-refractivity contribution in [1.29, 1.82) is 0 Å². The SMILES string of the molecule is CCC(=O)O.CCCCN(C(C)O)C(C)O. The fourth-order valence-corrected chi connectivity index (χ4v) is 1.03. The molecule has 2 unspecified atom stereocenters. The van der Waals surface area contributed by atoms with E-state index in [4.69, 9.17) is 5.11 Å². The summed E-state index contributed by atoms with van der Waals surface area (Å²) in [6, 6.07) is 0. The fraction of sp³-hybridized carbons (Fsp3) is 0.909. The zero-order valence-corrected chi connectivity index (χ0v) is 10.7. The second-order valence-electron chi connectivity index (χ2n) is 3.60. The van der Waals surface area contributed by atoms with E-state index in [1.165, 1.54) is 0 Å². The number of rotatable bonds is 6. The lowest BCUT2D eigenvalue weighted by molar-refractivity contribution is -0.136. The van der Waals surface area contributed by atoms with E-state index in [-0.39, 0.29) is 6.42 Å². The molecule has 0 rings (SSSR count). The summed E-state index contributed by atoms with van der Waals surface area (Å²) in [5, 5.41) is 26.1. The standard InChI is InChI=1S/C8H19NO2.C3H6O2/c1-4-5-6-9(7(2)10)8(3)11;1-2-3(4)5/h7-8,10-11H,4-6H2,1-3H3;2H2,1H3,(H,4,5). The summed E-state index contributed by atoms with van der Waals surface area (Å²) in [4.78, 5) is 11.0. The molecule has 0 saturated carbocycles. The topological polar surface area (TPSA) is 81.0 Å². The van der Waals surface area contributed by atoms with Crippen LogP contribution in [0.1, 0.15) is 47.0 Å². The van der Waals surface area contributed by atoms with Gasteiger partial charge in [-0.1, -0.05) is 20.3 Å². The molecule has 98 valence electrons. The van der Waals surface area contributed by atoms with Crippen molar-refractivity contribution in [2.75, 3.05) is 6.54 Å². The minimum Gasteiger partial charge on any atom is -0.481 e. The van der Waals surface area contributed by atoms with Gasteiger partial charge in [0.25, 0.3) is 0 Å². The van der Waals surface area contributed by atoms with Crippen LogP contribution in [0, 0.1) is 0 Å². The number of aliphatic hydroxyl groups excluding tert-OH is 2. The Labute approximate surface area is 97.7 Å². The Hall–Kier alpha value is -0.650. The van der Waals surface area contributed by atoms with Gasteiger partial charge in [-0.25, -0.2) is 0 Å². The van der Waals surface area contributed by atoms with Gasteiger partial charge in [-0.15, -0.1) is 0 Å². The van der Waals surface area contributed by atoms with Crippen molar-refractivity contribution in [1.82, 2.24) is 4.90 Å². The molecular weight excluding hydrogens is 210 g/mol. The maximum absolute atomic E-state index is 9.37. The van der Waals surface area contributed by atoms with Gasteiger partial charge in [0.15, 0.2) is 0 Å². The molecule has 2 atom stereocenters. The van der Waals surface area contributed by atoms with Crippen molar-refractivity contribution < 1.29 is 20.1 Å². The van der Waals surface area contributed by atoms with Crippen LogP contribution in [0.15, 0.2) is 0 Å². The normalized spacial score (nSPS) is 13.9. The Kier molecular flexibility index (Phi) is 12.0. The van der Waals surface area contributed by atoms with Gasteiger partial charge in [-0.3, -0.25) is 9.69 Å². The molecule has 16 heavy (non-hydrogen) atoms. The third-order valence-electron chi connectivity index (χ3n) is 2.03. The van der Waals surface area contributed by atoms with E-state index in [1.807, 2.05) is 0 Å². The highest BCUT2D eigenvalue weighted by Crippen LogP contribution is 2.03. The number of hydrogen-bond donors (Lipinski definition) is 3. The zero-order valence-electron chi connectivity index (χ0n) is 10.7. The van der Waals surface area contributed by atoms with Gasteiger partial charge in [0, 0.05) is 13.0 Å². The largest absolute Gasteiger partial charge is 0.481 e. The first-order chi connectivity index (χ1) is 7.36. The molecule has 0 heterocycles. The first-order valence-electron chi connectivity index (χ1n) is 5.70. The van der Waals surface area contributed by atoms with Gasteiger partial charge in [-0.05, 0) is 20.3 Å². The van der Waals surface area contributed by atoms with Crippen molar-refractivity contribution in [2.45, 2.75) is 59.4 Å². The van der Waals surface area contributed by atoms with Gasteiger partial charge in [0.1, 0.15) is 12.5 Å². The molecule has 0 fully saturated rings. The number of carboxylic acid groups (broad SMARTS) is 1. The maximum atomic E-state index is 9.37. The van der Waals surface area contributed by atoms with Gasteiger partial charge in [0.2, 0.25) is 0 Å². The zero-order chi connectivity index (χ0) is 13.1. The number of carbonyl (C=O) groups is 1. The van der Waals surface area contributed by atoms with E-state index in [0.717, 1.165) is 19.4 Å². The highest BCUT2D eigenvalue weighted by atomic mass is 16.4. The summed E-state index contributed by atoms with van der Waals surface area (Å²) in [6.07, 6.45) is 1.20. The van der Waals surface area contributed by atoms with Crippen molar-refractivity contribution in [3.8, 4) is 0 Å². The molecule has 0 amide bonds. The average Bonchev–Trinajstić information content (AvgIpc) is 2.18.